The van der Waals surface area contributed by atoms with Gasteiger partial charge in [-0.3, -0.25) is 0 Å². The van der Waals surface area contributed by atoms with Gasteiger partial charge in [0.05, 0.1) is 10.6 Å². The number of nitrogens with two attached hydrogens (primary N) is 1. The van der Waals surface area contributed by atoms with Crippen LogP contribution in [-0.4, -0.2) is 30.9 Å². The number of phenolic OH excluding ortho intramolecular Hbond substituents is 1. The number of aromatic hydroxyl groups is 1. The maximum atomic E-state index is 12.6. The second-order valence-electron chi connectivity index (χ2n) is 6.77. The number of nitrogens with zero attached hydrogens (tertiary/aromatic N) is 1. The molecular weight excluding hydrogens is 288 g/mol. The van der Waals surface area contributed by atoms with E-state index in [1.165, 1.54) is 22.5 Å². The molecule has 1 aromatic rings. The molecule has 5 nitrogen and oxygen atoms in total. The molecule has 118 valence electrons. The van der Waals surface area contributed by atoms with Crippen LogP contribution in [0.4, 0.5) is 5.69 Å². The smallest absolute Gasteiger partial charge is 0.243 e. The number of sulfonamides is 1. The minimum atomic E-state index is -3.53. The van der Waals surface area contributed by atoms with E-state index in [9.17, 15) is 13.5 Å². The summed E-state index contributed by atoms with van der Waals surface area (Å²) in [6.07, 6.45) is 1.74. The highest BCUT2D eigenvalue weighted by atomic mass is 32.2. The molecule has 1 heterocycles. The summed E-state index contributed by atoms with van der Waals surface area (Å²) in [5.41, 5.74) is 5.88. The Hall–Kier alpha value is -1.27. The van der Waals surface area contributed by atoms with Crippen molar-refractivity contribution in [3.8, 4) is 5.75 Å². The third kappa shape index (κ3) is 3.32. The van der Waals surface area contributed by atoms with Gasteiger partial charge in [-0.1, -0.05) is 20.8 Å². The zero-order valence-electron chi connectivity index (χ0n) is 12.8. The first-order valence-electron chi connectivity index (χ1n) is 7.21. The van der Waals surface area contributed by atoms with Crippen molar-refractivity contribution in [3.05, 3.63) is 18.2 Å². The maximum Gasteiger partial charge on any atom is 0.243 e. The molecule has 1 aliphatic rings. The first-order valence-corrected chi connectivity index (χ1v) is 8.65. The lowest BCUT2D eigenvalue weighted by Crippen LogP contribution is -2.41. The van der Waals surface area contributed by atoms with Crippen molar-refractivity contribution >= 4 is 15.7 Å². The fourth-order valence-electron chi connectivity index (χ4n) is 2.80. The summed E-state index contributed by atoms with van der Waals surface area (Å²) < 4.78 is 26.7. The van der Waals surface area contributed by atoms with Gasteiger partial charge < -0.3 is 10.8 Å². The van der Waals surface area contributed by atoms with Crippen molar-refractivity contribution in [3.63, 3.8) is 0 Å². The van der Waals surface area contributed by atoms with Crippen molar-refractivity contribution in [1.82, 2.24) is 4.31 Å². The van der Waals surface area contributed by atoms with E-state index < -0.39 is 10.0 Å². The first kappa shape index (κ1) is 16.1. The standard InChI is InChI=1S/C15H24N2O3S/c1-15(2,3)11-6-8-17(9-7-11)21(19,20)12-4-5-14(18)13(16)10-12/h4-5,10-11,18H,6-9,16H2,1-3H3. The predicted molar refractivity (Wildman–Crippen MR) is 83.5 cm³/mol. The number of hydrogen-bond acceptors (Lipinski definition) is 4. The van der Waals surface area contributed by atoms with Crippen LogP contribution in [-0.2, 0) is 10.0 Å². The zero-order valence-corrected chi connectivity index (χ0v) is 13.7. The minimum absolute atomic E-state index is 0.0839. The van der Waals surface area contributed by atoms with Crippen molar-refractivity contribution in [2.45, 2.75) is 38.5 Å². The molecule has 0 amide bonds. The van der Waals surface area contributed by atoms with Crippen LogP contribution in [0.15, 0.2) is 23.1 Å². The second kappa shape index (κ2) is 5.50. The molecule has 0 aromatic heterocycles. The summed E-state index contributed by atoms with van der Waals surface area (Å²) in [5, 5.41) is 9.41. The van der Waals surface area contributed by atoms with Gasteiger partial charge >= 0.3 is 0 Å². The van der Waals surface area contributed by atoms with Crippen molar-refractivity contribution in [2.24, 2.45) is 11.3 Å². The zero-order chi connectivity index (χ0) is 15.8. The van der Waals surface area contributed by atoms with Crippen molar-refractivity contribution in [2.75, 3.05) is 18.8 Å². The lowest BCUT2D eigenvalue weighted by molar-refractivity contribution is 0.154. The van der Waals surface area contributed by atoms with Crippen molar-refractivity contribution in [1.29, 1.82) is 0 Å². The van der Waals surface area contributed by atoms with E-state index in [0.29, 0.717) is 19.0 Å². The predicted octanol–water partition coefficient (Wildman–Crippen LogP) is 2.42. The Morgan fingerprint density at radius 3 is 2.29 bits per heavy atom. The first-order chi connectivity index (χ1) is 9.62. The Balaban J connectivity index is 2.17. The molecule has 0 unspecified atom stereocenters. The quantitative estimate of drug-likeness (QED) is 0.649. The molecule has 0 bridgehead atoms. The lowest BCUT2D eigenvalue weighted by Gasteiger charge is -2.38. The van der Waals surface area contributed by atoms with Crippen LogP contribution in [0.3, 0.4) is 0 Å². The summed E-state index contributed by atoms with van der Waals surface area (Å²) >= 11 is 0. The van der Waals surface area contributed by atoms with Gasteiger partial charge in [-0.05, 0) is 42.4 Å². The van der Waals surface area contributed by atoms with Gasteiger partial charge in [-0.2, -0.15) is 4.31 Å². The Morgan fingerprint density at radius 2 is 1.81 bits per heavy atom. The van der Waals surface area contributed by atoms with Crippen LogP contribution in [0.2, 0.25) is 0 Å². The van der Waals surface area contributed by atoms with Gasteiger partial charge in [0.15, 0.2) is 0 Å². The van der Waals surface area contributed by atoms with Crippen LogP contribution >= 0.6 is 0 Å². The van der Waals surface area contributed by atoms with Crippen molar-refractivity contribution < 1.29 is 13.5 Å². The summed E-state index contributed by atoms with van der Waals surface area (Å²) in [5.74, 6) is 0.439. The Kier molecular flexibility index (Phi) is 4.22. The van der Waals surface area contributed by atoms with Gasteiger partial charge in [0.1, 0.15) is 5.75 Å². The molecule has 1 saturated heterocycles. The SMILES string of the molecule is CC(C)(C)C1CCN(S(=O)(=O)c2ccc(O)c(N)c2)CC1. The van der Waals surface area contributed by atoms with Crippen LogP contribution in [0.1, 0.15) is 33.6 Å². The molecule has 0 aliphatic carbocycles. The highest BCUT2D eigenvalue weighted by Gasteiger charge is 2.34. The third-order valence-corrected chi connectivity index (χ3v) is 6.21. The summed E-state index contributed by atoms with van der Waals surface area (Å²) in [4.78, 5) is 0.145. The average Bonchev–Trinajstić information content (AvgIpc) is 2.41. The van der Waals surface area contributed by atoms with Crippen LogP contribution in [0, 0.1) is 11.3 Å². The average molecular weight is 312 g/mol. The second-order valence-corrected chi connectivity index (χ2v) is 8.70. The highest BCUT2D eigenvalue weighted by molar-refractivity contribution is 7.89. The number of nitrogen functional groups attached to an aromatic ring is 1. The lowest BCUT2D eigenvalue weighted by atomic mass is 9.76. The number of phenols is 1. The number of rotatable bonds is 2. The van der Waals surface area contributed by atoms with E-state index in [-0.39, 0.29) is 21.7 Å². The molecular formula is C15H24N2O3S. The molecule has 0 atom stereocenters. The molecule has 1 aromatic carbocycles. The number of benzene rings is 1. The maximum absolute atomic E-state index is 12.6. The third-order valence-electron chi connectivity index (χ3n) is 4.32. The molecule has 21 heavy (non-hydrogen) atoms. The Morgan fingerprint density at radius 1 is 1.24 bits per heavy atom. The molecule has 6 heteroatoms. The largest absolute Gasteiger partial charge is 0.506 e. The van der Waals surface area contributed by atoms with Gasteiger partial charge in [-0.15, -0.1) is 0 Å². The van der Waals surface area contributed by atoms with Gasteiger partial charge in [-0.25, -0.2) is 8.42 Å². The van der Waals surface area contributed by atoms with E-state index in [2.05, 4.69) is 20.8 Å². The van der Waals surface area contributed by atoms with E-state index >= 15 is 0 Å². The van der Waals surface area contributed by atoms with Gasteiger partial charge in [0.2, 0.25) is 10.0 Å². The monoisotopic (exact) mass is 312 g/mol. The molecule has 1 fully saturated rings. The molecule has 2 rings (SSSR count). The van der Waals surface area contributed by atoms with E-state index in [1.807, 2.05) is 0 Å². The minimum Gasteiger partial charge on any atom is -0.506 e. The number of piperidine rings is 1. The summed E-state index contributed by atoms with van der Waals surface area (Å²) in [6, 6.07) is 4.04. The fourth-order valence-corrected chi connectivity index (χ4v) is 4.31. The van der Waals surface area contributed by atoms with Crippen LogP contribution in [0.5, 0.6) is 5.75 Å². The molecule has 0 saturated carbocycles. The summed E-state index contributed by atoms with van der Waals surface area (Å²) in [6.45, 7) is 7.66. The fraction of sp³-hybridized carbons (Fsp3) is 0.600. The van der Waals surface area contributed by atoms with Crippen LogP contribution in [0.25, 0.3) is 0 Å². The highest BCUT2D eigenvalue weighted by Crippen LogP contribution is 2.36. The van der Waals surface area contributed by atoms with E-state index in [4.69, 9.17) is 5.73 Å². The van der Waals surface area contributed by atoms with Gasteiger partial charge in [0.25, 0.3) is 0 Å². The number of hydrogen-bond donors (Lipinski definition) is 2. The molecule has 0 spiro atoms. The van der Waals surface area contributed by atoms with E-state index in [1.54, 1.807) is 0 Å². The van der Waals surface area contributed by atoms with Crippen LogP contribution < -0.4 is 5.73 Å². The number of anilines is 1. The Labute approximate surface area is 126 Å². The van der Waals surface area contributed by atoms with E-state index in [0.717, 1.165) is 12.8 Å². The Bertz CT molecular complexity index is 612. The molecule has 1 aliphatic heterocycles. The van der Waals surface area contributed by atoms with Gasteiger partial charge in [0, 0.05) is 13.1 Å². The molecule has 0 radical (unpaired) electrons. The summed E-state index contributed by atoms with van der Waals surface area (Å²) in [7, 11) is -3.53. The normalized spacial score (nSPS) is 18.8. The topological polar surface area (TPSA) is 83.6 Å². The molecule has 3 N–H and O–H groups in total.